The molecule has 0 amide bonds. The van der Waals surface area contributed by atoms with Crippen molar-refractivity contribution in [3.05, 3.63) is 30.1 Å². The molecule has 0 bridgehead atoms. The molecule has 1 fully saturated rings. The first kappa shape index (κ1) is 29.3. The molecule has 1 aliphatic heterocycles. The number of hydrogen-bond acceptors (Lipinski definition) is 9. The Morgan fingerprint density at radius 3 is 2.47 bits per heavy atom. The summed E-state index contributed by atoms with van der Waals surface area (Å²) in [6.07, 6.45) is -1.54. The third-order valence-electron chi connectivity index (χ3n) is 4.43. The van der Waals surface area contributed by atoms with Crippen molar-refractivity contribution in [1.82, 2.24) is 5.32 Å². The van der Waals surface area contributed by atoms with Gasteiger partial charge in [-0.2, -0.15) is 4.57 Å². The number of phosphoric ester groups is 1. The summed E-state index contributed by atoms with van der Waals surface area (Å²) in [6.45, 7) is -0.144. The highest BCUT2D eigenvalue weighted by Gasteiger charge is 2.49. The zero-order valence-corrected chi connectivity index (χ0v) is 18.7. The summed E-state index contributed by atoms with van der Waals surface area (Å²) in [5, 5.41) is 46.4. The monoisotopic (exact) mass is 510 g/mol. The van der Waals surface area contributed by atoms with E-state index in [1.165, 1.54) is 29.1 Å². The van der Waals surface area contributed by atoms with Crippen LogP contribution in [0, 0.1) is 5.41 Å². The first-order valence-corrected chi connectivity index (χ1v) is 11.3. The van der Waals surface area contributed by atoms with Crippen LogP contribution in [0.2, 0.25) is 0 Å². The molecular weight excluding hydrogens is 481 g/mol. The van der Waals surface area contributed by atoms with Crippen molar-refractivity contribution in [2.75, 3.05) is 13.2 Å². The molecule has 1 aromatic rings. The van der Waals surface area contributed by atoms with E-state index in [1.807, 2.05) is 0 Å². The maximum atomic E-state index is 10.9. The van der Waals surface area contributed by atoms with E-state index >= 15 is 0 Å². The van der Waals surface area contributed by atoms with Crippen molar-refractivity contribution < 1.29 is 58.2 Å². The van der Waals surface area contributed by atoms with Crippen LogP contribution in [0.15, 0.2) is 24.5 Å². The molecule has 2 heterocycles. The number of carboxylic acid groups (broad SMARTS) is 2. The van der Waals surface area contributed by atoms with Crippen LogP contribution in [0.25, 0.3) is 0 Å². The maximum absolute atomic E-state index is 10.9. The number of phosphoric acid groups is 1. The number of ether oxygens (including phenoxy) is 1. The molecule has 1 aromatic heterocycles. The minimum Gasteiger partial charge on any atom is -0.480 e. The third kappa shape index (κ3) is 10.1. The number of hydrogen-bond donors (Lipinski definition) is 10. The van der Waals surface area contributed by atoms with E-state index in [4.69, 9.17) is 41.6 Å². The molecule has 0 saturated carbocycles. The molecule has 0 aromatic carbocycles. The second-order valence-corrected chi connectivity index (χ2v) is 8.34. The van der Waals surface area contributed by atoms with Gasteiger partial charge in [0.25, 0.3) is 6.23 Å². The van der Waals surface area contributed by atoms with Gasteiger partial charge >= 0.3 is 19.8 Å². The highest BCUT2D eigenvalue weighted by atomic mass is 31.2. The smallest absolute Gasteiger partial charge is 0.469 e. The van der Waals surface area contributed by atoms with Crippen molar-refractivity contribution in [2.24, 2.45) is 11.5 Å². The van der Waals surface area contributed by atoms with Gasteiger partial charge in [-0.1, -0.05) is 0 Å². The van der Waals surface area contributed by atoms with Crippen molar-refractivity contribution in [3.8, 4) is 0 Å². The fourth-order valence-corrected chi connectivity index (χ4v) is 3.07. The standard InChI is InChI=1S/C11H14NO9P.C6H14N4O2/c13-8-7(5-20-22(17,18)19)21-10(9(8)14)12-3-1-2-6(4-12)11(15)16;7-4(5(11)12)2-1-3-10-6(8)9/h1-4,7-10,13-14H,5H2,(H2-,15,16,17,18,19);4H,1-3,7H2,(H,11,12)(H4,8,9,10)/p+1/t7-,8-,9-,10-;/m1./s1. The summed E-state index contributed by atoms with van der Waals surface area (Å²) in [6, 6.07) is 1.94. The zero-order valence-electron chi connectivity index (χ0n) is 17.8. The van der Waals surface area contributed by atoms with Crippen molar-refractivity contribution in [3.63, 3.8) is 0 Å². The number of carboxylic acids is 2. The lowest BCUT2D eigenvalue weighted by Gasteiger charge is -2.13. The summed E-state index contributed by atoms with van der Waals surface area (Å²) < 4.78 is 21.4. The Morgan fingerprint density at radius 1 is 1.29 bits per heavy atom. The van der Waals surface area contributed by atoms with Gasteiger partial charge < -0.3 is 51.7 Å². The molecule has 192 valence electrons. The largest absolute Gasteiger partial charge is 0.480 e. The Kier molecular flexibility index (Phi) is 11.4. The van der Waals surface area contributed by atoms with Crippen LogP contribution in [0.4, 0.5) is 0 Å². The topological polar surface area (TPSA) is 283 Å². The van der Waals surface area contributed by atoms with Crippen molar-refractivity contribution in [1.29, 1.82) is 5.41 Å². The van der Waals surface area contributed by atoms with Crippen LogP contribution in [-0.2, 0) is 18.6 Å². The van der Waals surface area contributed by atoms with Gasteiger partial charge in [0.05, 0.1) is 6.61 Å². The number of aliphatic hydroxyl groups is 2. The lowest BCUT2D eigenvalue weighted by molar-refractivity contribution is -0.765. The summed E-state index contributed by atoms with van der Waals surface area (Å²) >= 11 is 0. The number of aliphatic carboxylic acids is 1. The molecule has 0 spiro atoms. The molecule has 34 heavy (non-hydrogen) atoms. The van der Waals surface area contributed by atoms with E-state index in [0.29, 0.717) is 19.4 Å². The maximum Gasteiger partial charge on any atom is 0.469 e. The molecular formula is C17H29N5O11P+. The first-order chi connectivity index (χ1) is 15.7. The van der Waals surface area contributed by atoms with Crippen LogP contribution < -0.4 is 21.4 Å². The molecule has 1 saturated heterocycles. The average Bonchev–Trinajstić information content (AvgIpc) is 3.03. The van der Waals surface area contributed by atoms with Crippen LogP contribution in [0.3, 0.4) is 0 Å². The van der Waals surface area contributed by atoms with Crippen LogP contribution in [0.1, 0.15) is 29.4 Å². The Bertz CT molecular complexity index is 898. The molecule has 0 aliphatic carbocycles. The number of pyridine rings is 1. The van der Waals surface area contributed by atoms with E-state index in [-0.39, 0.29) is 11.5 Å². The summed E-state index contributed by atoms with van der Waals surface area (Å²) in [7, 11) is -4.73. The van der Waals surface area contributed by atoms with Gasteiger partial charge in [0.2, 0.25) is 0 Å². The number of guanidine groups is 1. The number of nitrogens with zero attached hydrogens (tertiary/aromatic N) is 1. The average molecular weight is 510 g/mol. The number of carbonyl (C=O) groups is 2. The summed E-state index contributed by atoms with van der Waals surface area (Å²) in [4.78, 5) is 38.4. The lowest BCUT2D eigenvalue weighted by atomic mass is 10.1. The molecule has 0 radical (unpaired) electrons. The Hall–Kier alpha value is -2.69. The van der Waals surface area contributed by atoms with Crippen LogP contribution in [-0.4, -0.2) is 85.6 Å². The molecule has 16 nitrogen and oxygen atoms in total. The van der Waals surface area contributed by atoms with Crippen LogP contribution in [0.5, 0.6) is 0 Å². The number of rotatable bonds is 10. The van der Waals surface area contributed by atoms with Gasteiger partial charge in [-0.3, -0.25) is 14.7 Å². The number of nitrogens with two attached hydrogens (primary N) is 2. The van der Waals surface area contributed by atoms with Gasteiger partial charge in [-0.15, -0.1) is 0 Å². The minimum absolute atomic E-state index is 0.0530. The van der Waals surface area contributed by atoms with Crippen molar-refractivity contribution in [2.45, 2.75) is 43.4 Å². The normalized spacial score (nSPS) is 22.9. The summed E-state index contributed by atoms with van der Waals surface area (Å²) in [5.74, 6) is -2.29. The van der Waals surface area contributed by atoms with Gasteiger partial charge in [0.1, 0.15) is 23.8 Å². The van der Waals surface area contributed by atoms with Gasteiger partial charge in [0, 0.05) is 12.6 Å². The van der Waals surface area contributed by atoms with Gasteiger partial charge in [-0.25, -0.2) is 9.36 Å². The SMILES string of the molecule is N=C(N)NCCCC(N)C(=O)O.O=C(O)c1ccc[n+]([C@@H]2O[C@H](COP(=O)(O)O)[C@@H](O)[C@H]2O)c1. The fourth-order valence-electron chi connectivity index (χ4n) is 2.73. The highest BCUT2D eigenvalue weighted by Crippen LogP contribution is 2.37. The van der Waals surface area contributed by atoms with Gasteiger partial charge in [0.15, 0.2) is 24.5 Å². The first-order valence-electron chi connectivity index (χ1n) is 9.75. The van der Waals surface area contributed by atoms with E-state index in [2.05, 4.69) is 9.84 Å². The number of aliphatic hydroxyl groups excluding tert-OH is 2. The quantitative estimate of drug-likeness (QED) is 0.0495. The number of aromatic nitrogens is 1. The van der Waals surface area contributed by atoms with E-state index in [9.17, 15) is 24.4 Å². The lowest BCUT2D eigenvalue weighted by Crippen LogP contribution is -2.46. The predicted octanol–water partition coefficient (Wildman–Crippen LogP) is -2.94. The second-order valence-electron chi connectivity index (χ2n) is 7.11. The Morgan fingerprint density at radius 2 is 1.94 bits per heavy atom. The van der Waals surface area contributed by atoms with Gasteiger partial charge in [-0.05, 0) is 18.9 Å². The third-order valence-corrected chi connectivity index (χ3v) is 4.92. The number of aromatic carboxylic acids is 1. The Labute approximate surface area is 193 Å². The molecule has 1 aliphatic rings. The number of nitrogens with one attached hydrogen (secondary N) is 2. The zero-order chi connectivity index (χ0) is 26.1. The van der Waals surface area contributed by atoms with E-state index in [1.54, 1.807) is 0 Å². The van der Waals surface area contributed by atoms with Crippen LogP contribution >= 0.6 is 7.82 Å². The Balaban J connectivity index is 0.000000411. The molecule has 12 N–H and O–H groups in total. The molecule has 17 heteroatoms. The molecule has 2 rings (SSSR count). The highest BCUT2D eigenvalue weighted by molar-refractivity contribution is 7.46. The van der Waals surface area contributed by atoms with E-state index in [0.717, 1.165) is 0 Å². The van der Waals surface area contributed by atoms with Crippen molar-refractivity contribution >= 4 is 25.7 Å². The second kappa shape index (κ2) is 13.3. The predicted molar refractivity (Wildman–Crippen MR) is 112 cm³/mol. The summed E-state index contributed by atoms with van der Waals surface area (Å²) in [5.41, 5.74) is 10.2. The fraction of sp³-hybridized carbons (Fsp3) is 0.529. The molecule has 1 unspecified atom stereocenters. The molecule has 5 atom stereocenters. The van der Waals surface area contributed by atoms with E-state index < -0.39 is 56.9 Å². The minimum atomic E-state index is -4.73.